The Kier molecular flexibility index (Phi) is 9.17. The number of aliphatic hydroxyl groups is 1. The molecule has 0 aromatic carbocycles. The van der Waals surface area contributed by atoms with Crippen LogP contribution in [0.25, 0.3) is 0 Å². The Labute approximate surface area is 107 Å². The molecule has 2 atom stereocenters. The highest BCUT2D eigenvalue weighted by Gasteiger charge is 2.23. The second kappa shape index (κ2) is 9.81. The molecule has 2 amide bonds. The van der Waals surface area contributed by atoms with Crippen LogP contribution in [-0.4, -0.2) is 23.0 Å². The summed E-state index contributed by atoms with van der Waals surface area (Å²) in [6, 6.07) is 0. The molecule has 0 aromatic rings. The highest BCUT2D eigenvalue weighted by atomic mass is 16.3. The van der Waals surface area contributed by atoms with Gasteiger partial charge in [-0.1, -0.05) is 26.2 Å². The van der Waals surface area contributed by atoms with E-state index in [4.69, 9.17) is 11.7 Å². The number of hydrazine groups is 2. The van der Waals surface area contributed by atoms with Gasteiger partial charge >= 0.3 is 0 Å². The van der Waals surface area contributed by atoms with E-state index in [0.29, 0.717) is 6.42 Å². The van der Waals surface area contributed by atoms with Crippen molar-refractivity contribution < 1.29 is 14.7 Å². The topological polar surface area (TPSA) is 130 Å². The lowest BCUT2D eigenvalue weighted by molar-refractivity contribution is -0.131. The van der Waals surface area contributed by atoms with Crippen LogP contribution < -0.4 is 22.5 Å². The van der Waals surface area contributed by atoms with Crippen molar-refractivity contribution in [1.29, 1.82) is 0 Å². The largest absolute Gasteiger partial charge is 0.393 e. The average Bonchev–Trinajstić information content (AvgIpc) is 2.37. The van der Waals surface area contributed by atoms with Crippen molar-refractivity contribution in [3.8, 4) is 0 Å². The van der Waals surface area contributed by atoms with Gasteiger partial charge in [0.05, 0.1) is 12.0 Å². The summed E-state index contributed by atoms with van der Waals surface area (Å²) in [6.45, 7) is 2.07. The number of carbonyl (C=O) groups excluding carboxylic acids is 2. The number of amides is 2. The molecular weight excluding hydrogens is 236 g/mol. The third-order valence-corrected chi connectivity index (χ3v) is 2.80. The quantitative estimate of drug-likeness (QED) is 0.162. The number of rotatable bonds is 9. The molecule has 0 heterocycles. The van der Waals surface area contributed by atoms with Crippen molar-refractivity contribution >= 4 is 11.8 Å². The summed E-state index contributed by atoms with van der Waals surface area (Å²) in [5.74, 6) is 8.43. The first-order chi connectivity index (χ1) is 8.54. The lowest BCUT2D eigenvalue weighted by Gasteiger charge is -2.18. The van der Waals surface area contributed by atoms with E-state index in [1.165, 1.54) is 0 Å². The molecule has 0 aromatic heterocycles. The molecule has 0 aliphatic carbocycles. The third kappa shape index (κ3) is 7.21. The number of aliphatic hydroxyl groups excluding tert-OH is 1. The maximum absolute atomic E-state index is 11.5. The van der Waals surface area contributed by atoms with Crippen molar-refractivity contribution in [2.75, 3.05) is 0 Å². The molecule has 7 N–H and O–H groups in total. The van der Waals surface area contributed by atoms with Crippen LogP contribution in [0.2, 0.25) is 0 Å². The summed E-state index contributed by atoms with van der Waals surface area (Å²) >= 11 is 0. The van der Waals surface area contributed by atoms with E-state index in [1.54, 1.807) is 0 Å². The smallest absolute Gasteiger partial charge is 0.237 e. The first-order valence-electron chi connectivity index (χ1n) is 6.23. The molecule has 0 radical (unpaired) electrons. The van der Waals surface area contributed by atoms with E-state index in [2.05, 4.69) is 6.92 Å². The van der Waals surface area contributed by atoms with Crippen molar-refractivity contribution in [3.05, 3.63) is 0 Å². The number of unbranched alkanes of at least 4 members (excludes halogenated alkanes) is 2. The normalized spacial score (nSPS) is 13.8. The maximum atomic E-state index is 11.5. The maximum Gasteiger partial charge on any atom is 0.237 e. The van der Waals surface area contributed by atoms with Gasteiger partial charge < -0.3 is 5.11 Å². The zero-order chi connectivity index (χ0) is 14.0. The zero-order valence-corrected chi connectivity index (χ0v) is 10.8. The van der Waals surface area contributed by atoms with Crippen molar-refractivity contribution in [2.24, 2.45) is 17.6 Å². The van der Waals surface area contributed by atoms with Gasteiger partial charge in [-0.3, -0.25) is 20.4 Å². The zero-order valence-electron chi connectivity index (χ0n) is 10.8. The molecule has 0 saturated carbocycles. The Hall–Kier alpha value is -1.18. The van der Waals surface area contributed by atoms with Gasteiger partial charge in [0, 0.05) is 6.42 Å². The van der Waals surface area contributed by atoms with Crippen molar-refractivity contribution in [3.63, 3.8) is 0 Å². The molecule has 0 saturated heterocycles. The lowest BCUT2D eigenvalue weighted by atomic mass is 9.94. The fourth-order valence-corrected chi connectivity index (χ4v) is 1.76. The number of nitrogens with one attached hydrogen (secondary N) is 2. The van der Waals surface area contributed by atoms with Gasteiger partial charge in [-0.25, -0.2) is 11.7 Å². The molecule has 0 spiro atoms. The van der Waals surface area contributed by atoms with Gasteiger partial charge in [0.1, 0.15) is 0 Å². The fraction of sp³-hybridized carbons (Fsp3) is 0.818. The predicted molar refractivity (Wildman–Crippen MR) is 67.5 cm³/mol. The van der Waals surface area contributed by atoms with E-state index in [0.717, 1.165) is 19.3 Å². The van der Waals surface area contributed by atoms with Crippen LogP contribution in [0.4, 0.5) is 0 Å². The third-order valence-electron chi connectivity index (χ3n) is 2.80. The van der Waals surface area contributed by atoms with Gasteiger partial charge in [0.2, 0.25) is 11.8 Å². The SMILES string of the molecule is CCCCC[C@@H](O)C[C@@H](CC(=O)NN)C(=O)NN. The minimum atomic E-state index is -0.657. The highest BCUT2D eigenvalue weighted by Crippen LogP contribution is 2.16. The summed E-state index contributed by atoms with van der Waals surface area (Å²) < 4.78 is 0. The summed E-state index contributed by atoms with van der Waals surface area (Å²) in [5.41, 5.74) is 3.95. The highest BCUT2D eigenvalue weighted by molar-refractivity contribution is 5.85. The molecule has 0 unspecified atom stereocenters. The van der Waals surface area contributed by atoms with E-state index in [-0.39, 0.29) is 12.8 Å². The van der Waals surface area contributed by atoms with Crippen LogP contribution in [0, 0.1) is 5.92 Å². The molecular formula is C11H24N4O3. The second-order valence-electron chi connectivity index (χ2n) is 4.36. The Bertz CT molecular complexity index is 261. The summed E-state index contributed by atoms with van der Waals surface area (Å²) in [5, 5.41) is 9.79. The first-order valence-corrected chi connectivity index (χ1v) is 6.23. The van der Waals surface area contributed by atoms with Crippen molar-refractivity contribution in [2.45, 2.75) is 51.6 Å². The van der Waals surface area contributed by atoms with Gasteiger partial charge in [0.25, 0.3) is 0 Å². The van der Waals surface area contributed by atoms with Gasteiger partial charge in [-0.15, -0.1) is 0 Å². The molecule has 18 heavy (non-hydrogen) atoms. The minimum Gasteiger partial charge on any atom is -0.393 e. The molecule has 0 aliphatic heterocycles. The molecule has 0 aliphatic rings. The van der Waals surface area contributed by atoms with E-state index < -0.39 is 23.8 Å². The van der Waals surface area contributed by atoms with E-state index in [9.17, 15) is 14.7 Å². The van der Waals surface area contributed by atoms with Gasteiger partial charge in [-0.2, -0.15) is 0 Å². The summed E-state index contributed by atoms with van der Waals surface area (Å²) in [4.78, 5) is 22.6. The number of nitrogens with two attached hydrogens (primary N) is 2. The van der Waals surface area contributed by atoms with E-state index in [1.807, 2.05) is 10.9 Å². The summed E-state index contributed by atoms with van der Waals surface area (Å²) in [6.07, 6.45) is 3.14. The standard InChI is InChI=1S/C11H24N4O3/c1-2-3-4-5-9(16)6-8(11(18)15-13)7-10(17)14-12/h8-9,16H,2-7,12-13H2,1H3,(H,14,17)(H,15,18)/t8-,9+/m0/s1. The molecule has 0 bridgehead atoms. The Morgan fingerprint density at radius 2 is 1.89 bits per heavy atom. The van der Waals surface area contributed by atoms with Gasteiger partial charge in [0.15, 0.2) is 0 Å². The van der Waals surface area contributed by atoms with Crippen LogP contribution in [0.1, 0.15) is 45.4 Å². The lowest BCUT2D eigenvalue weighted by Crippen LogP contribution is -2.41. The van der Waals surface area contributed by atoms with Crippen LogP contribution in [0.15, 0.2) is 0 Å². The van der Waals surface area contributed by atoms with Crippen LogP contribution in [-0.2, 0) is 9.59 Å². The predicted octanol–water partition coefficient (Wildman–Crippen LogP) is -0.696. The van der Waals surface area contributed by atoms with Crippen molar-refractivity contribution in [1.82, 2.24) is 10.9 Å². The first kappa shape index (κ1) is 16.8. The molecule has 0 rings (SSSR count). The molecule has 0 fully saturated rings. The molecule has 7 nitrogen and oxygen atoms in total. The van der Waals surface area contributed by atoms with Crippen LogP contribution >= 0.6 is 0 Å². The number of hydrogen-bond acceptors (Lipinski definition) is 5. The monoisotopic (exact) mass is 260 g/mol. The minimum absolute atomic E-state index is 0.0790. The van der Waals surface area contributed by atoms with Crippen LogP contribution in [0.5, 0.6) is 0 Å². The number of carbonyl (C=O) groups is 2. The average molecular weight is 260 g/mol. The molecule has 7 heteroatoms. The van der Waals surface area contributed by atoms with Gasteiger partial charge in [-0.05, 0) is 12.8 Å². The molecule has 106 valence electrons. The fourth-order valence-electron chi connectivity index (χ4n) is 1.76. The Morgan fingerprint density at radius 1 is 1.22 bits per heavy atom. The Balaban J connectivity index is 4.22. The second-order valence-corrected chi connectivity index (χ2v) is 4.36. The Morgan fingerprint density at radius 3 is 2.39 bits per heavy atom. The summed E-state index contributed by atoms with van der Waals surface area (Å²) in [7, 11) is 0. The van der Waals surface area contributed by atoms with E-state index >= 15 is 0 Å². The number of hydrogen-bond donors (Lipinski definition) is 5. The van der Waals surface area contributed by atoms with Crippen LogP contribution in [0.3, 0.4) is 0 Å².